The van der Waals surface area contributed by atoms with Crippen LogP contribution in [0.15, 0.2) is 29.2 Å². The van der Waals surface area contributed by atoms with Crippen molar-refractivity contribution in [3.8, 4) is 0 Å². The Morgan fingerprint density at radius 3 is 2.52 bits per heavy atom. The fourth-order valence-corrected chi connectivity index (χ4v) is 4.38. The molecule has 1 saturated heterocycles. The Morgan fingerprint density at radius 2 is 1.96 bits per heavy atom. The third-order valence-corrected chi connectivity index (χ3v) is 6.58. The van der Waals surface area contributed by atoms with Gasteiger partial charge in [-0.2, -0.15) is 11.8 Å². The van der Waals surface area contributed by atoms with E-state index in [1.807, 2.05) is 0 Å². The molecule has 0 bridgehead atoms. The Kier molecular flexibility index (Phi) is 5.69. The van der Waals surface area contributed by atoms with Gasteiger partial charge in [-0.05, 0) is 24.3 Å². The second-order valence-corrected chi connectivity index (χ2v) is 8.68. The summed E-state index contributed by atoms with van der Waals surface area (Å²) in [4.78, 5) is 25.3. The number of hydrogen-bond acceptors (Lipinski definition) is 5. The Balaban J connectivity index is 2.20. The molecule has 0 aromatic heterocycles. The van der Waals surface area contributed by atoms with E-state index in [4.69, 9.17) is 5.11 Å². The minimum Gasteiger partial charge on any atom is -0.481 e. The Bertz CT molecular complexity index is 684. The summed E-state index contributed by atoms with van der Waals surface area (Å²) in [6.45, 7) is 2.06. The Morgan fingerprint density at radius 1 is 1.30 bits per heavy atom. The van der Waals surface area contributed by atoms with Crippen molar-refractivity contribution in [2.24, 2.45) is 0 Å². The molecule has 1 fully saturated rings. The van der Waals surface area contributed by atoms with Crippen LogP contribution in [0.5, 0.6) is 0 Å². The van der Waals surface area contributed by atoms with E-state index in [0.717, 1.165) is 5.75 Å². The zero-order valence-electron chi connectivity index (χ0n) is 12.8. The van der Waals surface area contributed by atoms with Gasteiger partial charge in [0.15, 0.2) is 9.84 Å². The molecule has 6 nitrogen and oxygen atoms in total. The number of aliphatic carboxylic acids is 1. The van der Waals surface area contributed by atoms with Gasteiger partial charge in [-0.15, -0.1) is 0 Å². The van der Waals surface area contributed by atoms with E-state index in [9.17, 15) is 18.0 Å². The van der Waals surface area contributed by atoms with Crippen molar-refractivity contribution in [2.45, 2.75) is 24.3 Å². The predicted octanol–water partition coefficient (Wildman–Crippen LogP) is 1.51. The van der Waals surface area contributed by atoms with Gasteiger partial charge in [0.1, 0.15) is 0 Å². The lowest BCUT2D eigenvalue weighted by molar-refractivity contribution is -0.138. The number of carboxylic acid groups (broad SMARTS) is 1. The molecule has 23 heavy (non-hydrogen) atoms. The molecule has 0 aliphatic carbocycles. The first-order valence-corrected chi connectivity index (χ1v) is 10.1. The molecule has 1 heterocycles. The molecule has 1 aliphatic rings. The highest BCUT2D eigenvalue weighted by atomic mass is 32.2. The van der Waals surface area contributed by atoms with Crippen molar-refractivity contribution < 1.29 is 23.1 Å². The number of hydrogen-bond donors (Lipinski definition) is 1. The summed E-state index contributed by atoms with van der Waals surface area (Å²) >= 11 is 1.63. The third kappa shape index (κ3) is 4.26. The number of carboxylic acids is 1. The fourth-order valence-electron chi connectivity index (χ4n) is 2.43. The van der Waals surface area contributed by atoms with Crippen LogP contribution in [0, 0.1) is 0 Å². The molecule has 0 spiro atoms. The van der Waals surface area contributed by atoms with E-state index in [1.54, 1.807) is 23.6 Å². The van der Waals surface area contributed by atoms with Gasteiger partial charge in [-0.3, -0.25) is 9.59 Å². The molecule has 2 rings (SSSR count). The molecule has 8 heteroatoms. The molecule has 1 unspecified atom stereocenters. The highest BCUT2D eigenvalue weighted by Gasteiger charge is 2.29. The van der Waals surface area contributed by atoms with Crippen LogP contribution in [0.2, 0.25) is 0 Å². The van der Waals surface area contributed by atoms with Crippen LogP contribution >= 0.6 is 11.8 Å². The van der Waals surface area contributed by atoms with Gasteiger partial charge in [0.05, 0.1) is 23.1 Å². The molecular weight excluding hydrogens is 338 g/mol. The lowest BCUT2D eigenvalue weighted by atomic mass is 10.1. The van der Waals surface area contributed by atoms with Gasteiger partial charge in [-0.1, -0.05) is 6.92 Å². The molecule has 1 N–H and O–H groups in total. The number of sulfone groups is 1. The summed E-state index contributed by atoms with van der Waals surface area (Å²) in [5, 5.41) is 8.98. The van der Waals surface area contributed by atoms with E-state index in [0.29, 0.717) is 17.9 Å². The maximum absolute atomic E-state index is 12.6. The molecule has 1 aromatic rings. The molecule has 0 radical (unpaired) electrons. The lowest BCUT2D eigenvalue weighted by Gasteiger charge is -2.34. The minimum absolute atomic E-state index is 0.00429. The van der Waals surface area contributed by atoms with Crippen LogP contribution in [0.3, 0.4) is 0 Å². The normalized spacial score (nSPS) is 18.7. The molecule has 1 aromatic carbocycles. The van der Waals surface area contributed by atoms with Crippen molar-refractivity contribution in [2.75, 3.05) is 23.8 Å². The fraction of sp³-hybridized carbons (Fsp3) is 0.467. The Labute approximate surface area is 139 Å². The van der Waals surface area contributed by atoms with Crippen molar-refractivity contribution in [1.29, 1.82) is 0 Å². The number of carbonyl (C=O) groups excluding carboxylic acids is 1. The first kappa shape index (κ1) is 17.8. The summed E-state index contributed by atoms with van der Waals surface area (Å²) in [5.74, 6) is 0.186. The van der Waals surface area contributed by atoms with Crippen molar-refractivity contribution in [3.05, 3.63) is 29.8 Å². The Hall–Kier alpha value is -1.54. The van der Waals surface area contributed by atoms with Crippen LogP contribution in [-0.2, 0) is 14.6 Å². The van der Waals surface area contributed by atoms with Crippen molar-refractivity contribution in [3.63, 3.8) is 0 Å². The monoisotopic (exact) mass is 357 g/mol. The molecule has 0 saturated carbocycles. The maximum Gasteiger partial charge on any atom is 0.305 e. The second-order valence-electron chi connectivity index (χ2n) is 5.25. The van der Waals surface area contributed by atoms with Crippen LogP contribution in [0.25, 0.3) is 0 Å². The van der Waals surface area contributed by atoms with Crippen LogP contribution in [0.4, 0.5) is 0 Å². The van der Waals surface area contributed by atoms with Crippen LogP contribution in [-0.4, -0.2) is 60.1 Å². The van der Waals surface area contributed by atoms with E-state index in [2.05, 4.69) is 0 Å². The van der Waals surface area contributed by atoms with Gasteiger partial charge in [0, 0.05) is 23.6 Å². The van der Waals surface area contributed by atoms with E-state index in [1.165, 1.54) is 24.3 Å². The number of nitrogens with zero attached hydrogens (tertiary/aromatic N) is 1. The summed E-state index contributed by atoms with van der Waals surface area (Å²) < 4.78 is 23.6. The van der Waals surface area contributed by atoms with E-state index >= 15 is 0 Å². The highest BCUT2D eigenvalue weighted by Crippen LogP contribution is 2.22. The summed E-state index contributed by atoms with van der Waals surface area (Å²) in [6.07, 6.45) is -0.0823. The van der Waals surface area contributed by atoms with Gasteiger partial charge in [0.25, 0.3) is 5.91 Å². The standard InChI is InChI=1S/C15H19NO5S2/c1-2-23(20,21)13-5-3-11(4-6-13)15(19)16-7-8-22-10-12(16)9-14(17)18/h3-6,12H,2,7-10H2,1H3,(H,17,18). The lowest BCUT2D eigenvalue weighted by Crippen LogP contribution is -2.47. The van der Waals surface area contributed by atoms with Crippen LogP contribution < -0.4 is 0 Å². The summed E-state index contributed by atoms with van der Waals surface area (Å²) in [5.41, 5.74) is 0.377. The van der Waals surface area contributed by atoms with Gasteiger partial charge in [0.2, 0.25) is 0 Å². The smallest absolute Gasteiger partial charge is 0.305 e. The van der Waals surface area contributed by atoms with Gasteiger partial charge in [-0.25, -0.2) is 8.42 Å². The van der Waals surface area contributed by atoms with E-state index < -0.39 is 15.8 Å². The molecule has 126 valence electrons. The predicted molar refractivity (Wildman–Crippen MR) is 88.6 cm³/mol. The molecule has 1 atom stereocenters. The zero-order chi connectivity index (χ0) is 17.0. The molecule has 1 amide bonds. The number of rotatable bonds is 5. The van der Waals surface area contributed by atoms with Gasteiger partial charge < -0.3 is 10.0 Å². The first-order chi connectivity index (χ1) is 10.8. The quantitative estimate of drug-likeness (QED) is 0.859. The topological polar surface area (TPSA) is 91.8 Å². The number of amides is 1. The maximum atomic E-state index is 12.6. The largest absolute Gasteiger partial charge is 0.481 e. The first-order valence-electron chi connectivity index (χ1n) is 7.28. The third-order valence-electron chi connectivity index (χ3n) is 3.74. The summed E-state index contributed by atoms with van der Waals surface area (Å²) in [7, 11) is -3.30. The average Bonchev–Trinajstić information content (AvgIpc) is 2.54. The number of carbonyl (C=O) groups is 2. The molecule has 1 aliphatic heterocycles. The van der Waals surface area contributed by atoms with Gasteiger partial charge >= 0.3 is 5.97 Å². The highest BCUT2D eigenvalue weighted by molar-refractivity contribution is 7.99. The molecular formula is C15H19NO5S2. The number of benzene rings is 1. The van der Waals surface area contributed by atoms with Crippen LogP contribution in [0.1, 0.15) is 23.7 Å². The minimum atomic E-state index is -3.30. The van der Waals surface area contributed by atoms with Crippen molar-refractivity contribution in [1.82, 2.24) is 4.90 Å². The average molecular weight is 357 g/mol. The van der Waals surface area contributed by atoms with Crippen molar-refractivity contribution >= 4 is 33.5 Å². The SMILES string of the molecule is CCS(=O)(=O)c1ccc(C(=O)N2CCSCC2CC(=O)O)cc1. The number of thioether (sulfide) groups is 1. The zero-order valence-corrected chi connectivity index (χ0v) is 14.4. The second kappa shape index (κ2) is 7.35. The van der Waals surface area contributed by atoms with E-state index in [-0.39, 0.29) is 29.0 Å². The summed E-state index contributed by atoms with van der Waals surface area (Å²) in [6, 6.07) is 5.50.